The van der Waals surface area contributed by atoms with E-state index in [1.807, 2.05) is 19.8 Å². The van der Waals surface area contributed by atoms with Gasteiger partial charge >= 0.3 is 0 Å². The fraction of sp³-hybridized carbons (Fsp3) is 0.700. The molecule has 0 aromatic carbocycles. The van der Waals surface area contributed by atoms with Gasteiger partial charge in [0.1, 0.15) is 0 Å². The third-order valence-corrected chi connectivity index (χ3v) is 2.48. The first-order valence-electron chi connectivity index (χ1n) is 4.17. The molecule has 0 atom stereocenters. The van der Waals surface area contributed by atoms with E-state index in [9.17, 15) is 9.90 Å². The number of aliphatic hydroxyl groups is 1. The van der Waals surface area contributed by atoms with Crippen LogP contribution in [0.4, 0.5) is 0 Å². The highest BCUT2D eigenvalue weighted by Gasteiger charge is 2.34. The summed E-state index contributed by atoms with van der Waals surface area (Å²) in [5.41, 5.74) is -1.26. The maximum atomic E-state index is 10.8. The number of nitrogens with one attached hydrogen (secondary N) is 1. The molecule has 0 rings (SSSR count). The molecule has 0 spiro atoms. The Balaban J connectivity index is 4.22. The highest BCUT2D eigenvalue weighted by molar-refractivity contribution is 5.92. The lowest BCUT2D eigenvalue weighted by molar-refractivity contribution is -0.117. The van der Waals surface area contributed by atoms with Crippen LogP contribution in [0, 0.1) is 17.8 Å². The number of amides is 1. The van der Waals surface area contributed by atoms with Crippen molar-refractivity contribution in [3.05, 3.63) is 0 Å². The Morgan fingerprint density at radius 2 is 1.92 bits per heavy atom. The van der Waals surface area contributed by atoms with Gasteiger partial charge < -0.3 is 10.4 Å². The lowest BCUT2D eigenvalue weighted by Gasteiger charge is -2.37. The summed E-state index contributed by atoms with van der Waals surface area (Å²) in [6.07, 6.45) is 4.89. The fourth-order valence-electron chi connectivity index (χ4n) is 0.569. The average Bonchev–Trinajstić information content (AvgIpc) is 1.98. The SMILES string of the molecule is C#CC(=O)NCC(C)(C)C(C)(C)O. The molecule has 0 radical (unpaired) electrons. The summed E-state index contributed by atoms with van der Waals surface area (Å²) < 4.78 is 0. The van der Waals surface area contributed by atoms with Gasteiger partial charge in [0.05, 0.1) is 5.60 Å². The summed E-state index contributed by atoms with van der Waals surface area (Å²) in [6, 6.07) is 0. The lowest BCUT2D eigenvalue weighted by Crippen LogP contribution is -2.47. The Morgan fingerprint density at radius 3 is 2.23 bits per heavy atom. The number of hydrogen-bond donors (Lipinski definition) is 2. The molecule has 0 unspecified atom stereocenters. The Morgan fingerprint density at radius 1 is 1.46 bits per heavy atom. The molecule has 0 heterocycles. The number of hydrogen-bond acceptors (Lipinski definition) is 2. The van der Waals surface area contributed by atoms with Crippen LogP contribution in [0.25, 0.3) is 0 Å². The van der Waals surface area contributed by atoms with Crippen LogP contribution in [0.2, 0.25) is 0 Å². The molecule has 0 bridgehead atoms. The van der Waals surface area contributed by atoms with Crippen molar-refractivity contribution in [3.63, 3.8) is 0 Å². The first-order valence-corrected chi connectivity index (χ1v) is 4.17. The predicted molar refractivity (Wildman–Crippen MR) is 51.9 cm³/mol. The quantitative estimate of drug-likeness (QED) is 0.627. The van der Waals surface area contributed by atoms with Crippen LogP contribution in [0.15, 0.2) is 0 Å². The molecule has 0 aliphatic rings. The molecule has 13 heavy (non-hydrogen) atoms. The Bertz CT molecular complexity index is 230. The Kier molecular flexibility index (Phi) is 3.50. The van der Waals surface area contributed by atoms with E-state index in [0.29, 0.717) is 6.54 Å². The summed E-state index contributed by atoms with van der Waals surface area (Å²) in [4.78, 5) is 10.8. The molecular weight excluding hydrogens is 166 g/mol. The van der Waals surface area contributed by atoms with Crippen LogP contribution >= 0.6 is 0 Å². The highest BCUT2D eigenvalue weighted by Crippen LogP contribution is 2.28. The number of terminal acetylenes is 1. The van der Waals surface area contributed by atoms with E-state index >= 15 is 0 Å². The van der Waals surface area contributed by atoms with Gasteiger partial charge in [-0.25, -0.2) is 0 Å². The zero-order chi connectivity index (χ0) is 10.7. The molecule has 0 aromatic rings. The average molecular weight is 183 g/mol. The first kappa shape index (κ1) is 12.0. The molecule has 0 aliphatic heterocycles. The van der Waals surface area contributed by atoms with Gasteiger partial charge in [0.25, 0.3) is 5.91 Å². The summed E-state index contributed by atoms with van der Waals surface area (Å²) in [5, 5.41) is 12.3. The molecule has 0 saturated carbocycles. The zero-order valence-electron chi connectivity index (χ0n) is 8.64. The Labute approximate surface area is 79.5 Å². The topological polar surface area (TPSA) is 49.3 Å². The van der Waals surface area contributed by atoms with Gasteiger partial charge in [0, 0.05) is 12.0 Å². The van der Waals surface area contributed by atoms with E-state index in [1.54, 1.807) is 13.8 Å². The fourth-order valence-corrected chi connectivity index (χ4v) is 0.569. The maximum Gasteiger partial charge on any atom is 0.295 e. The van der Waals surface area contributed by atoms with Crippen LogP contribution in [0.5, 0.6) is 0 Å². The van der Waals surface area contributed by atoms with Gasteiger partial charge in [-0.1, -0.05) is 13.8 Å². The second-order valence-electron chi connectivity index (χ2n) is 4.27. The minimum atomic E-state index is -0.852. The van der Waals surface area contributed by atoms with Crippen molar-refractivity contribution in [3.8, 4) is 12.3 Å². The highest BCUT2D eigenvalue weighted by atomic mass is 16.3. The molecule has 3 heteroatoms. The van der Waals surface area contributed by atoms with Gasteiger partial charge in [-0.05, 0) is 19.8 Å². The molecule has 3 nitrogen and oxygen atoms in total. The molecular formula is C10H17NO2. The van der Waals surface area contributed by atoms with E-state index in [0.717, 1.165) is 0 Å². The van der Waals surface area contributed by atoms with Gasteiger partial charge in [-0.3, -0.25) is 4.79 Å². The summed E-state index contributed by atoms with van der Waals surface area (Å²) in [5.74, 6) is 1.51. The predicted octanol–water partition coefficient (Wildman–Crippen LogP) is 0.533. The third kappa shape index (κ3) is 3.47. The standard InChI is InChI=1S/C10H17NO2/c1-6-8(12)11-7-9(2,3)10(4,5)13/h1,13H,7H2,2-5H3,(H,11,12). The van der Waals surface area contributed by atoms with E-state index in [2.05, 4.69) is 5.32 Å². The number of rotatable bonds is 3. The summed E-state index contributed by atoms with van der Waals surface area (Å²) in [6.45, 7) is 7.50. The van der Waals surface area contributed by atoms with E-state index < -0.39 is 16.9 Å². The third-order valence-electron chi connectivity index (χ3n) is 2.48. The molecule has 0 saturated heterocycles. The van der Waals surface area contributed by atoms with Gasteiger partial charge in [-0.15, -0.1) is 6.42 Å². The van der Waals surface area contributed by atoms with Gasteiger partial charge in [0.15, 0.2) is 0 Å². The van der Waals surface area contributed by atoms with Crippen LogP contribution in [0.3, 0.4) is 0 Å². The maximum absolute atomic E-state index is 10.8. The number of carbonyl (C=O) groups excluding carboxylic acids is 1. The van der Waals surface area contributed by atoms with Crippen molar-refractivity contribution >= 4 is 5.91 Å². The summed E-state index contributed by atoms with van der Waals surface area (Å²) in [7, 11) is 0. The lowest BCUT2D eigenvalue weighted by atomic mass is 9.77. The summed E-state index contributed by atoms with van der Waals surface area (Å²) >= 11 is 0. The van der Waals surface area contributed by atoms with Gasteiger partial charge in [-0.2, -0.15) is 0 Å². The molecule has 0 aromatic heterocycles. The molecule has 2 N–H and O–H groups in total. The normalized spacial score (nSPS) is 12.0. The van der Waals surface area contributed by atoms with Crippen molar-refractivity contribution in [2.24, 2.45) is 5.41 Å². The molecule has 1 amide bonds. The Hall–Kier alpha value is -1.01. The van der Waals surface area contributed by atoms with E-state index in [-0.39, 0.29) is 0 Å². The second-order valence-corrected chi connectivity index (χ2v) is 4.27. The van der Waals surface area contributed by atoms with Crippen molar-refractivity contribution in [2.45, 2.75) is 33.3 Å². The van der Waals surface area contributed by atoms with E-state index in [4.69, 9.17) is 6.42 Å². The second kappa shape index (κ2) is 3.80. The van der Waals surface area contributed by atoms with Crippen LogP contribution in [0.1, 0.15) is 27.7 Å². The first-order chi connectivity index (χ1) is 5.70. The minimum Gasteiger partial charge on any atom is -0.390 e. The van der Waals surface area contributed by atoms with Crippen molar-refractivity contribution in [1.29, 1.82) is 0 Å². The van der Waals surface area contributed by atoms with Crippen LogP contribution < -0.4 is 5.32 Å². The van der Waals surface area contributed by atoms with Gasteiger partial charge in [0.2, 0.25) is 0 Å². The molecule has 0 fully saturated rings. The smallest absolute Gasteiger partial charge is 0.295 e. The van der Waals surface area contributed by atoms with E-state index in [1.165, 1.54) is 0 Å². The van der Waals surface area contributed by atoms with Crippen molar-refractivity contribution in [1.82, 2.24) is 5.32 Å². The minimum absolute atomic E-state index is 0.361. The zero-order valence-corrected chi connectivity index (χ0v) is 8.64. The molecule has 0 aliphatic carbocycles. The molecule has 74 valence electrons. The largest absolute Gasteiger partial charge is 0.390 e. The van der Waals surface area contributed by atoms with Crippen LogP contribution in [-0.4, -0.2) is 23.2 Å². The number of carbonyl (C=O) groups is 1. The van der Waals surface area contributed by atoms with Crippen LogP contribution in [-0.2, 0) is 4.79 Å². The van der Waals surface area contributed by atoms with Crippen molar-refractivity contribution in [2.75, 3.05) is 6.54 Å². The van der Waals surface area contributed by atoms with Crippen molar-refractivity contribution < 1.29 is 9.90 Å². The monoisotopic (exact) mass is 183 g/mol.